The van der Waals surface area contributed by atoms with Crippen molar-refractivity contribution in [2.75, 3.05) is 17.7 Å². The highest BCUT2D eigenvalue weighted by Gasteiger charge is 2.05. The van der Waals surface area contributed by atoms with Gasteiger partial charge in [0, 0.05) is 19.3 Å². The molecule has 15 heavy (non-hydrogen) atoms. The predicted octanol–water partition coefficient (Wildman–Crippen LogP) is 2.51. The maximum absolute atomic E-state index is 4.33. The van der Waals surface area contributed by atoms with Crippen LogP contribution >= 0.6 is 0 Å². The van der Waals surface area contributed by atoms with Gasteiger partial charge in [-0.15, -0.1) is 0 Å². The molecule has 1 aromatic heterocycles. The number of hydrogen-bond acceptors (Lipinski definition) is 4. The van der Waals surface area contributed by atoms with Crippen LogP contribution < -0.4 is 10.6 Å². The lowest BCUT2D eigenvalue weighted by atomic mass is 10.1. The number of hydrogen-bond donors (Lipinski definition) is 2. The van der Waals surface area contributed by atoms with Crippen molar-refractivity contribution < 1.29 is 0 Å². The van der Waals surface area contributed by atoms with E-state index < -0.39 is 0 Å². The molecule has 2 N–H and O–H groups in total. The van der Waals surface area contributed by atoms with E-state index in [1.807, 2.05) is 13.1 Å². The maximum atomic E-state index is 4.33. The van der Waals surface area contributed by atoms with Crippen molar-refractivity contribution in [3.63, 3.8) is 0 Å². The van der Waals surface area contributed by atoms with E-state index in [9.17, 15) is 0 Å². The molecular formula is C11H20N4. The Morgan fingerprint density at radius 2 is 2.20 bits per heavy atom. The standard InChI is InChI=1S/C11H20N4/c1-4-6-9(5-2)14-10-7-8-13-11(12-3)15-10/h7-9H,4-6H2,1-3H3,(H2,12,13,14,15). The minimum Gasteiger partial charge on any atom is -0.367 e. The van der Waals surface area contributed by atoms with Crippen molar-refractivity contribution >= 4 is 11.8 Å². The Morgan fingerprint density at radius 3 is 2.80 bits per heavy atom. The van der Waals surface area contributed by atoms with E-state index in [-0.39, 0.29) is 0 Å². The van der Waals surface area contributed by atoms with E-state index in [0.29, 0.717) is 12.0 Å². The average molecular weight is 208 g/mol. The third-order valence-electron chi connectivity index (χ3n) is 2.36. The summed E-state index contributed by atoms with van der Waals surface area (Å²) < 4.78 is 0. The van der Waals surface area contributed by atoms with E-state index in [4.69, 9.17) is 0 Å². The molecule has 1 heterocycles. The minimum atomic E-state index is 0.509. The van der Waals surface area contributed by atoms with E-state index >= 15 is 0 Å². The number of nitrogens with zero attached hydrogens (tertiary/aromatic N) is 2. The van der Waals surface area contributed by atoms with Crippen LogP contribution in [0, 0.1) is 0 Å². The summed E-state index contributed by atoms with van der Waals surface area (Å²) in [6.07, 6.45) is 5.25. The van der Waals surface area contributed by atoms with Crippen molar-refractivity contribution in [3.8, 4) is 0 Å². The van der Waals surface area contributed by atoms with E-state index in [0.717, 1.165) is 12.2 Å². The summed E-state index contributed by atoms with van der Waals surface area (Å²) in [7, 11) is 1.82. The van der Waals surface area contributed by atoms with Gasteiger partial charge in [0.05, 0.1) is 0 Å². The fourth-order valence-electron chi connectivity index (χ4n) is 1.50. The number of rotatable bonds is 6. The fraction of sp³-hybridized carbons (Fsp3) is 0.636. The van der Waals surface area contributed by atoms with Crippen molar-refractivity contribution in [1.82, 2.24) is 9.97 Å². The summed E-state index contributed by atoms with van der Waals surface area (Å²) in [6, 6.07) is 2.41. The molecule has 4 heteroatoms. The zero-order valence-corrected chi connectivity index (χ0v) is 9.75. The Labute approximate surface area is 91.5 Å². The number of anilines is 2. The molecule has 0 bridgehead atoms. The summed E-state index contributed by atoms with van der Waals surface area (Å²) in [5, 5.41) is 6.34. The average Bonchev–Trinajstić information content (AvgIpc) is 2.29. The smallest absolute Gasteiger partial charge is 0.224 e. The van der Waals surface area contributed by atoms with Crippen LogP contribution in [0.2, 0.25) is 0 Å². The quantitative estimate of drug-likeness (QED) is 0.754. The second kappa shape index (κ2) is 6.22. The Balaban J connectivity index is 2.61. The first-order valence-electron chi connectivity index (χ1n) is 5.57. The highest BCUT2D eigenvalue weighted by atomic mass is 15.1. The maximum Gasteiger partial charge on any atom is 0.224 e. The molecule has 0 saturated heterocycles. The van der Waals surface area contributed by atoms with Gasteiger partial charge < -0.3 is 10.6 Å². The Kier molecular flexibility index (Phi) is 4.87. The first kappa shape index (κ1) is 11.8. The second-order valence-corrected chi connectivity index (χ2v) is 3.55. The van der Waals surface area contributed by atoms with Gasteiger partial charge in [0.25, 0.3) is 0 Å². The van der Waals surface area contributed by atoms with Gasteiger partial charge in [0.1, 0.15) is 5.82 Å². The first-order chi connectivity index (χ1) is 7.30. The molecule has 0 radical (unpaired) electrons. The lowest BCUT2D eigenvalue weighted by Crippen LogP contribution is -2.19. The molecule has 0 aromatic carbocycles. The zero-order chi connectivity index (χ0) is 11.1. The molecule has 0 aliphatic heterocycles. The Morgan fingerprint density at radius 1 is 1.40 bits per heavy atom. The predicted molar refractivity (Wildman–Crippen MR) is 64.2 cm³/mol. The first-order valence-corrected chi connectivity index (χ1v) is 5.57. The topological polar surface area (TPSA) is 49.8 Å². The van der Waals surface area contributed by atoms with E-state index in [1.54, 1.807) is 6.20 Å². The third kappa shape index (κ3) is 3.73. The van der Waals surface area contributed by atoms with Crippen molar-refractivity contribution in [3.05, 3.63) is 12.3 Å². The van der Waals surface area contributed by atoms with Crippen molar-refractivity contribution in [2.45, 2.75) is 39.2 Å². The molecule has 4 nitrogen and oxygen atoms in total. The highest BCUT2D eigenvalue weighted by molar-refractivity contribution is 5.39. The summed E-state index contributed by atoms with van der Waals surface area (Å²) in [4.78, 5) is 8.40. The van der Waals surface area contributed by atoms with Gasteiger partial charge in [-0.2, -0.15) is 4.98 Å². The third-order valence-corrected chi connectivity index (χ3v) is 2.36. The molecule has 0 saturated carbocycles. The van der Waals surface area contributed by atoms with Gasteiger partial charge in [-0.25, -0.2) is 4.98 Å². The molecular weight excluding hydrogens is 188 g/mol. The van der Waals surface area contributed by atoms with Gasteiger partial charge in [0.15, 0.2) is 0 Å². The van der Waals surface area contributed by atoms with E-state index in [2.05, 4.69) is 34.4 Å². The van der Waals surface area contributed by atoms with Gasteiger partial charge in [-0.1, -0.05) is 20.3 Å². The van der Waals surface area contributed by atoms with Gasteiger partial charge in [0.2, 0.25) is 5.95 Å². The SMILES string of the molecule is CCCC(CC)Nc1ccnc(NC)n1. The largest absolute Gasteiger partial charge is 0.367 e. The van der Waals surface area contributed by atoms with Crippen LogP contribution in [0.4, 0.5) is 11.8 Å². The molecule has 0 aliphatic carbocycles. The zero-order valence-electron chi connectivity index (χ0n) is 9.75. The van der Waals surface area contributed by atoms with Crippen LogP contribution in [-0.4, -0.2) is 23.1 Å². The number of nitrogens with one attached hydrogen (secondary N) is 2. The number of aromatic nitrogens is 2. The molecule has 1 rings (SSSR count). The monoisotopic (exact) mass is 208 g/mol. The minimum absolute atomic E-state index is 0.509. The van der Waals surface area contributed by atoms with Gasteiger partial charge >= 0.3 is 0 Å². The van der Waals surface area contributed by atoms with Crippen molar-refractivity contribution in [1.29, 1.82) is 0 Å². The summed E-state index contributed by atoms with van der Waals surface area (Å²) >= 11 is 0. The molecule has 0 fully saturated rings. The molecule has 1 atom stereocenters. The van der Waals surface area contributed by atoms with Crippen LogP contribution in [0.25, 0.3) is 0 Å². The van der Waals surface area contributed by atoms with E-state index in [1.165, 1.54) is 12.8 Å². The lowest BCUT2D eigenvalue weighted by molar-refractivity contribution is 0.620. The van der Waals surface area contributed by atoms with Gasteiger partial charge in [-0.3, -0.25) is 0 Å². The molecule has 0 amide bonds. The molecule has 0 aliphatic rings. The van der Waals surface area contributed by atoms with Crippen LogP contribution in [-0.2, 0) is 0 Å². The summed E-state index contributed by atoms with van der Waals surface area (Å²) in [5.74, 6) is 1.56. The molecule has 1 unspecified atom stereocenters. The molecule has 84 valence electrons. The van der Waals surface area contributed by atoms with Crippen LogP contribution in [0.3, 0.4) is 0 Å². The van der Waals surface area contributed by atoms with Crippen molar-refractivity contribution in [2.24, 2.45) is 0 Å². The van der Waals surface area contributed by atoms with Crippen LogP contribution in [0.5, 0.6) is 0 Å². The van der Waals surface area contributed by atoms with Gasteiger partial charge in [-0.05, 0) is 18.9 Å². The summed E-state index contributed by atoms with van der Waals surface area (Å²) in [6.45, 7) is 4.39. The molecule has 1 aromatic rings. The normalized spacial score (nSPS) is 12.2. The van der Waals surface area contributed by atoms with Crippen LogP contribution in [0.15, 0.2) is 12.3 Å². The Bertz CT molecular complexity index is 288. The fourth-order valence-corrected chi connectivity index (χ4v) is 1.50. The molecule has 0 spiro atoms. The second-order valence-electron chi connectivity index (χ2n) is 3.55. The summed E-state index contributed by atoms with van der Waals surface area (Å²) in [5.41, 5.74) is 0. The lowest BCUT2D eigenvalue weighted by Gasteiger charge is -2.16. The highest BCUT2D eigenvalue weighted by Crippen LogP contribution is 2.11. The van der Waals surface area contributed by atoms with Crippen LogP contribution in [0.1, 0.15) is 33.1 Å². The Hall–Kier alpha value is -1.32.